The molecule has 0 bridgehead atoms. The van der Waals surface area contributed by atoms with E-state index < -0.39 is 46.7 Å². The number of aliphatic hydroxyl groups excluding tert-OH is 1. The predicted molar refractivity (Wildman–Crippen MR) is 157 cm³/mol. The van der Waals surface area contributed by atoms with Crippen LogP contribution >= 0.6 is 0 Å². The van der Waals surface area contributed by atoms with Crippen LogP contribution in [0.1, 0.15) is 65.2 Å². The normalized spacial score (nSPS) is 18.2. The van der Waals surface area contributed by atoms with Crippen LogP contribution in [0.5, 0.6) is 0 Å². The van der Waals surface area contributed by atoms with Crippen molar-refractivity contribution in [3.8, 4) is 0 Å². The first-order valence-corrected chi connectivity index (χ1v) is 16.0. The van der Waals surface area contributed by atoms with Crippen LogP contribution in [-0.2, 0) is 20.8 Å². The highest BCUT2D eigenvalue weighted by molar-refractivity contribution is 7.91. The number of hydrogen-bond donors (Lipinski definition) is 2. The SMILES string of the molecule is CCS(=O)(=O)c1ccc([C@H](CO)NC(=O)c2ccc(N3CC(c4ccc(C(F)(F)F)cc4)CC[C@H]3CCOC(F)F)nc2)cc1. The summed E-state index contributed by atoms with van der Waals surface area (Å²) in [6, 6.07) is 12.9. The van der Waals surface area contributed by atoms with Gasteiger partial charge in [0.25, 0.3) is 5.91 Å². The lowest BCUT2D eigenvalue weighted by Gasteiger charge is -2.41. The van der Waals surface area contributed by atoms with Crippen LogP contribution in [-0.4, -0.2) is 62.6 Å². The van der Waals surface area contributed by atoms with Gasteiger partial charge in [-0.05, 0) is 66.8 Å². The van der Waals surface area contributed by atoms with Crippen LogP contribution < -0.4 is 10.2 Å². The Kier molecular flexibility index (Phi) is 11.2. The maximum absolute atomic E-state index is 13.1. The number of nitrogens with zero attached hydrogens (tertiary/aromatic N) is 2. The number of aromatic nitrogens is 1. The molecule has 1 aliphatic rings. The molecule has 8 nitrogen and oxygen atoms in total. The fourth-order valence-electron chi connectivity index (χ4n) is 5.36. The molecule has 14 heteroatoms. The number of rotatable bonds is 12. The van der Waals surface area contributed by atoms with Crippen molar-refractivity contribution in [2.45, 2.75) is 61.9 Å². The minimum Gasteiger partial charge on any atom is -0.394 e. The summed E-state index contributed by atoms with van der Waals surface area (Å²) in [5.41, 5.74) is 0.640. The number of carbonyl (C=O) groups excluding carboxylic acids is 1. The van der Waals surface area contributed by atoms with Crippen molar-refractivity contribution in [2.24, 2.45) is 0 Å². The number of benzene rings is 2. The number of hydrogen-bond acceptors (Lipinski definition) is 7. The molecule has 2 heterocycles. The Morgan fingerprint density at radius 1 is 1.07 bits per heavy atom. The van der Waals surface area contributed by atoms with Gasteiger partial charge < -0.3 is 20.1 Å². The molecule has 2 aromatic carbocycles. The van der Waals surface area contributed by atoms with E-state index in [2.05, 4.69) is 15.0 Å². The molecule has 1 aromatic heterocycles. The van der Waals surface area contributed by atoms with Gasteiger partial charge in [-0.3, -0.25) is 4.79 Å². The third-order valence-electron chi connectivity index (χ3n) is 7.92. The molecule has 1 amide bonds. The number of aliphatic hydroxyl groups is 1. The topological polar surface area (TPSA) is 109 Å². The number of halogens is 5. The van der Waals surface area contributed by atoms with E-state index in [1.54, 1.807) is 6.07 Å². The van der Waals surface area contributed by atoms with E-state index in [0.717, 1.165) is 12.1 Å². The van der Waals surface area contributed by atoms with Gasteiger partial charge in [-0.15, -0.1) is 0 Å². The van der Waals surface area contributed by atoms with Crippen LogP contribution in [0.3, 0.4) is 0 Å². The number of pyridine rings is 1. The zero-order valence-electron chi connectivity index (χ0n) is 24.4. The third kappa shape index (κ3) is 8.76. The predicted octanol–water partition coefficient (Wildman–Crippen LogP) is 5.74. The molecule has 0 aliphatic carbocycles. The number of anilines is 1. The largest absolute Gasteiger partial charge is 0.416 e. The lowest BCUT2D eigenvalue weighted by Crippen LogP contribution is -2.44. The second-order valence-electron chi connectivity index (χ2n) is 10.7. The molecule has 3 atom stereocenters. The van der Waals surface area contributed by atoms with Crippen molar-refractivity contribution in [3.63, 3.8) is 0 Å². The Morgan fingerprint density at radius 3 is 2.31 bits per heavy atom. The standard InChI is InChI=1S/C31H34F5N3O5S/c1-2-45(42,43)26-12-6-21(7-13-26)27(19-40)38-29(41)22-8-14-28(37-17-22)39-18-23(5-11-25(39)15-16-44-30(32)33)20-3-9-24(10-4-20)31(34,35)36/h3-4,6-10,12-14,17,23,25,27,30,40H,2,5,11,15-16,18-19H2,1H3,(H,38,41)/t23?,25-,27-/m0/s1. The molecule has 1 fully saturated rings. The average molecular weight is 656 g/mol. The minimum absolute atomic E-state index is 0.0626. The quantitative estimate of drug-likeness (QED) is 0.240. The first-order valence-electron chi connectivity index (χ1n) is 14.4. The lowest BCUT2D eigenvalue weighted by atomic mass is 9.86. The molecular weight excluding hydrogens is 621 g/mol. The van der Waals surface area contributed by atoms with Crippen LogP contribution in [0.2, 0.25) is 0 Å². The molecule has 3 aromatic rings. The molecule has 1 aliphatic heterocycles. The number of alkyl halides is 5. The fraction of sp³-hybridized carbons (Fsp3) is 0.419. The number of nitrogens with one attached hydrogen (secondary N) is 1. The maximum Gasteiger partial charge on any atom is 0.416 e. The van der Waals surface area contributed by atoms with Gasteiger partial charge >= 0.3 is 12.8 Å². The molecule has 244 valence electrons. The van der Waals surface area contributed by atoms with Crippen molar-refractivity contribution in [2.75, 3.05) is 30.4 Å². The first kappa shape index (κ1) is 34.3. The van der Waals surface area contributed by atoms with E-state index in [4.69, 9.17) is 0 Å². The molecule has 0 saturated carbocycles. The highest BCUT2D eigenvalue weighted by Gasteiger charge is 2.33. The minimum atomic E-state index is -4.45. The summed E-state index contributed by atoms with van der Waals surface area (Å²) >= 11 is 0. The van der Waals surface area contributed by atoms with Gasteiger partial charge in [0, 0.05) is 24.7 Å². The van der Waals surface area contributed by atoms with Gasteiger partial charge in [0.1, 0.15) is 5.82 Å². The number of amides is 1. The molecule has 2 N–H and O–H groups in total. The smallest absolute Gasteiger partial charge is 0.394 e. The van der Waals surface area contributed by atoms with E-state index in [1.807, 2.05) is 4.90 Å². The third-order valence-corrected chi connectivity index (χ3v) is 9.67. The van der Waals surface area contributed by atoms with Crippen molar-refractivity contribution in [3.05, 3.63) is 89.1 Å². The summed E-state index contributed by atoms with van der Waals surface area (Å²) in [7, 11) is -3.41. The second-order valence-corrected chi connectivity index (χ2v) is 13.0. The van der Waals surface area contributed by atoms with E-state index in [-0.39, 0.29) is 41.2 Å². The summed E-state index contributed by atoms with van der Waals surface area (Å²) < 4.78 is 93.1. The maximum atomic E-state index is 13.1. The first-order chi connectivity index (χ1) is 21.3. The van der Waals surface area contributed by atoms with E-state index >= 15 is 0 Å². The number of carbonyl (C=O) groups is 1. The van der Waals surface area contributed by atoms with Gasteiger partial charge in [0.15, 0.2) is 9.84 Å². The van der Waals surface area contributed by atoms with Crippen molar-refractivity contribution < 1.29 is 45.0 Å². The van der Waals surface area contributed by atoms with E-state index in [1.165, 1.54) is 55.6 Å². The average Bonchev–Trinajstić information content (AvgIpc) is 3.03. The molecule has 0 spiro atoms. The Balaban J connectivity index is 1.49. The second kappa shape index (κ2) is 14.6. The Bertz CT molecular complexity index is 1520. The fourth-order valence-corrected chi connectivity index (χ4v) is 6.24. The summed E-state index contributed by atoms with van der Waals surface area (Å²) in [4.78, 5) is 19.5. The summed E-state index contributed by atoms with van der Waals surface area (Å²) in [5, 5.41) is 12.6. The van der Waals surface area contributed by atoms with Crippen LogP contribution in [0.25, 0.3) is 0 Å². The van der Waals surface area contributed by atoms with Crippen LogP contribution in [0.4, 0.5) is 27.8 Å². The summed E-state index contributed by atoms with van der Waals surface area (Å²) in [6.07, 6.45) is -1.67. The van der Waals surface area contributed by atoms with Gasteiger partial charge in [0.2, 0.25) is 0 Å². The molecule has 45 heavy (non-hydrogen) atoms. The Hall–Kier alpha value is -3.62. The van der Waals surface area contributed by atoms with Gasteiger partial charge in [-0.2, -0.15) is 22.0 Å². The van der Waals surface area contributed by atoms with Gasteiger partial charge in [0.05, 0.1) is 41.0 Å². The monoisotopic (exact) mass is 655 g/mol. The summed E-state index contributed by atoms with van der Waals surface area (Å²) in [5.74, 6) is -0.293. The number of sulfone groups is 1. The van der Waals surface area contributed by atoms with Crippen molar-refractivity contribution in [1.29, 1.82) is 0 Å². The highest BCUT2D eigenvalue weighted by atomic mass is 32.2. The zero-order chi connectivity index (χ0) is 32.8. The Morgan fingerprint density at radius 2 is 1.76 bits per heavy atom. The van der Waals surface area contributed by atoms with Crippen molar-refractivity contribution >= 4 is 21.6 Å². The molecule has 1 saturated heterocycles. The molecule has 1 unspecified atom stereocenters. The van der Waals surface area contributed by atoms with Gasteiger partial charge in [-0.25, -0.2) is 13.4 Å². The van der Waals surface area contributed by atoms with E-state index in [0.29, 0.717) is 36.3 Å². The zero-order valence-corrected chi connectivity index (χ0v) is 25.2. The van der Waals surface area contributed by atoms with E-state index in [9.17, 15) is 40.3 Å². The molecular formula is C31H34F5N3O5S. The molecule has 0 radical (unpaired) electrons. The van der Waals surface area contributed by atoms with Crippen molar-refractivity contribution in [1.82, 2.24) is 10.3 Å². The van der Waals surface area contributed by atoms with Crippen LogP contribution in [0.15, 0.2) is 71.8 Å². The Labute approximate surface area is 258 Å². The van der Waals surface area contributed by atoms with Crippen LogP contribution in [0, 0.1) is 0 Å². The lowest BCUT2D eigenvalue weighted by molar-refractivity contribution is -0.137. The van der Waals surface area contributed by atoms with Gasteiger partial charge in [-0.1, -0.05) is 31.2 Å². The summed E-state index contributed by atoms with van der Waals surface area (Å²) in [6.45, 7) is -1.66. The number of ether oxygens (including phenoxy) is 1. The molecule has 4 rings (SSSR count). The highest BCUT2D eigenvalue weighted by Crippen LogP contribution is 2.36. The number of piperidine rings is 1.